The first-order valence-corrected chi connectivity index (χ1v) is 10.3. The van der Waals surface area contributed by atoms with Crippen LogP contribution in [0.2, 0.25) is 0 Å². The zero-order chi connectivity index (χ0) is 19.8. The average Bonchev–Trinajstić information content (AvgIpc) is 3.33. The SMILES string of the molecule is O=C(Cc1noc2ccccc12)N1CCC(Oc2nc3c(F)cccc3s2)CC1. The summed E-state index contributed by atoms with van der Waals surface area (Å²) in [6, 6.07) is 12.4. The largest absolute Gasteiger partial charge is 0.467 e. The molecular weight excluding hydrogens is 393 g/mol. The summed E-state index contributed by atoms with van der Waals surface area (Å²) in [4.78, 5) is 18.8. The topological polar surface area (TPSA) is 68.5 Å². The van der Waals surface area contributed by atoms with Crippen LogP contribution in [0.4, 0.5) is 4.39 Å². The fourth-order valence-corrected chi connectivity index (χ4v) is 4.53. The van der Waals surface area contributed by atoms with Crippen molar-refractivity contribution in [1.29, 1.82) is 0 Å². The molecule has 6 nitrogen and oxygen atoms in total. The minimum atomic E-state index is -0.339. The molecule has 4 aromatic rings. The minimum Gasteiger partial charge on any atom is -0.467 e. The van der Waals surface area contributed by atoms with Crippen molar-refractivity contribution in [3.63, 3.8) is 0 Å². The van der Waals surface area contributed by atoms with E-state index in [1.807, 2.05) is 35.2 Å². The summed E-state index contributed by atoms with van der Waals surface area (Å²) in [5.41, 5.74) is 1.70. The quantitative estimate of drug-likeness (QED) is 0.504. The number of ether oxygens (including phenoxy) is 1. The number of nitrogens with zero attached hydrogens (tertiary/aromatic N) is 3. The van der Waals surface area contributed by atoms with Gasteiger partial charge >= 0.3 is 0 Å². The Labute approximate surface area is 169 Å². The fraction of sp³-hybridized carbons (Fsp3) is 0.286. The first kappa shape index (κ1) is 18.1. The van der Waals surface area contributed by atoms with E-state index < -0.39 is 0 Å². The molecule has 0 bridgehead atoms. The Balaban J connectivity index is 1.19. The molecule has 1 aliphatic rings. The number of para-hydroxylation sites is 2. The number of hydrogen-bond donors (Lipinski definition) is 0. The molecular formula is C21H18FN3O3S. The van der Waals surface area contributed by atoms with E-state index in [4.69, 9.17) is 9.26 Å². The van der Waals surface area contributed by atoms with Crippen LogP contribution in [0.1, 0.15) is 18.5 Å². The van der Waals surface area contributed by atoms with Gasteiger partial charge in [0.2, 0.25) is 5.91 Å². The number of halogens is 1. The Morgan fingerprint density at radius 3 is 2.86 bits per heavy atom. The number of amides is 1. The molecule has 1 amide bonds. The molecule has 0 aliphatic carbocycles. The smallest absolute Gasteiger partial charge is 0.274 e. The first-order valence-electron chi connectivity index (χ1n) is 9.50. The predicted octanol–water partition coefficient (Wildman–Crippen LogP) is 4.19. The van der Waals surface area contributed by atoms with Crippen LogP contribution in [-0.4, -0.2) is 40.1 Å². The van der Waals surface area contributed by atoms with Crippen LogP contribution in [0.15, 0.2) is 47.0 Å². The number of carbonyl (C=O) groups is 1. The molecule has 8 heteroatoms. The summed E-state index contributed by atoms with van der Waals surface area (Å²) in [6.45, 7) is 1.22. The maximum absolute atomic E-state index is 13.8. The van der Waals surface area contributed by atoms with Gasteiger partial charge in [0, 0.05) is 31.3 Å². The minimum absolute atomic E-state index is 0.0319. The maximum atomic E-state index is 13.8. The van der Waals surface area contributed by atoms with Crippen LogP contribution < -0.4 is 4.74 Å². The monoisotopic (exact) mass is 411 g/mol. The van der Waals surface area contributed by atoms with Crippen molar-refractivity contribution in [3.05, 3.63) is 54.0 Å². The predicted molar refractivity (Wildman–Crippen MR) is 108 cm³/mol. The lowest BCUT2D eigenvalue weighted by atomic mass is 10.1. The summed E-state index contributed by atoms with van der Waals surface area (Å²) >= 11 is 1.34. The van der Waals surface area contributed by atoms with Gasteiger partial charge in [0.05, 0.1) is 11.1 Å². The molecule has 0 unspecified atom stereocenters. The normalized spacial score (nSPS) is 15.3. The first-order chi connectivity index (χ1) is 14.2. The van der Waals surface area contributed by atoms with E-state index in [1.165, 1.54) is 17.4 Å². The molecule has 1 saturated heterocycles. The lowest BCUT2D eigenvalue weighted by Crippen LogP contribution is -2.42. The number of fused-ring (bicyclic) bond motifs is 2. The van der Waals surface area contributed by atoms with Crippen molar-refractivity contribution in [3.8, 4) is 5.19 Å². The average molecular weight is 411 g/mol. The molecule has 29 heavy (non-hydrogen) atoms. The van der Waals surface area contributed by atoms with E-state index in [0.29, 0.717) is 47.9 Å². The van der Waals surface area contributed by atoms with Crippen molar-refractivity contribution in [2.75, 3.05) is 13.1 Å². The second kappa shape index (κ2) is 7.44. The number of piperidine rings is 1. The van der Waals surface area contributed by atoms with Crippen LogP contribution in [0.3, 0.4) is 0 Å². The molecule has 5 rings (SSSR count). The van der Waals surface area contributed by atoms with Gasteiger partial charge in [0.25, 0.3) is 5.19 Å². The van der Waals surface area contributed by atoms with Gasteiger partial charge in [-0.25, -0.2) is 4.39 Å². The van der Waals surface area contributed by atoms with Crippen LogP contribution >= 0.6 is 11.3 Å². The van der Waals surface area contributed by atoms with Gasteiger partial charge in [-0.2, -0.15) is 4.98 Å². The molecule has 0 saturated carbocycles. The molecule has 0 atom stereocenters. The number of rotatable bonds is 4. The number of aromatic nitrogens is 2. The van der Waals surface area contributed by atoms with Gasteiger partial charge in [-0.05, 0) is 24.3 Å². The van der Waals surface area contributed by atoms with E-state index in [0.717, 1.165) is 10.1 Å². The van der Waals surface area contributed by atoms with E-state index in [1.54, 1.807) is 6.07 Å². The van der Waals surface area contributed by atoms with Gasteiger partial charge in [0.15, 0.2) is 5.58 Å². The van der Waals surface area contributed by atoms with Crippen LogP contribution in [0.25, 0.3) is 21.2 Å². The highest BCUT2D eigenvalue weighted by Gasteiger charge is 2.26. The number of likely N-dealkylation sites (tertiary alicyclic amines) is 1. The van der Waals surface area contributed by atoms with Crippen LogP contribution in [0.5, 0.6) is 5.19 Å². The molecule has 148 valence electrons. The molecule has 0 spiro atoms. The lowest BCUT2D eigenvalue weighted by molar-refractivity contribution is -0.132. The molecule has 3 heterocycles. The third-order valence-electron chi connectivity index (χ3n) is 5.18. The zero-order valence-electron chi connectivity index (χ0n) is 15.5. The Kier molecular flexibility index (Phi) is 4.63. The Hall–Kier alpha value is -3.00. The Morgan fingerprint density at radius 2 is 2.03 bits per heavy atom. The van der Waals surface area contributed by atoms with Gasteiger partial charge in [-0.15, -0.1) is 0 Å². The highest BCUT2D eigenvalue weighted by atomic mass is 32.1. The van der Waals surface area contributed by atoms with E-state index in [-0.39, 0.29) is 24.2 Å². The van der Waals surface area contributed by atoms with E-state index in [2.05, 4.69) is 10.1 Å². The zero-order valence-corrected chi connectivity index (χ0v) is 16.3. The van der Waals surface area contributed by atoms with Crippen molar-refractivity contribution in [1.82, 2.24) is 15.0 Å². The number of thiazole rings is 1. The van der Waals surface area contributed by atoms with Crippen molar-refractivity contribution >= 4 is 38.4 Å². The van der Waals surface area contributed by atoms with Crippen molar-refractivity contribution < 1.29 is 18.4 Å². The standard InChI is InChI=1S/C21H18FN3O3S/c22-15-5-3-7-18-20(15)23-21(29-18)27-13-8-10-25(11-9-13)19(26)12-16-14-4-1-2-6-17(14)28-24-16/h1-7,13H,8-12H2. The summed E-state index contributed by atoms with van der Waals surface area (Å²) in [6.07, 6.45) is 1.61. The second-order valence-corrected chi connectivity index (χ2v) is 8.06. The highest BCUT2D eigenvalue weighted by molar-refractivity contribution is 7.20. The summed E-state index contributed by atoms with van der Waals surface area (Å²) in [7, 11) is 0. The molecule has 2 aromatic carbocycles. The molecule has 2 aromatic heterocycles. The second-order valence-electron chi connectivity index (χ2n) is 7.07. The number of carbonyl (C=O) groups excluding carboxylic acids is 1. The van der Waals surface area contributed by atoms with Gasteiger partial charge in [-0.1, -0.05) is 34.7 Å². The molecule has 0 N–H and O–H groups in total. The third kappa shape index (κ3) is 3.55. The van der Waals surface area contributed by atoms with Crippen LogP contribution in [0, 0.1) is 5.82 Å². The summed E-state index contributed by atoms with van der Waals surface area (Å²) < 4.78 is 25.8. The molecule has 1 fully saturated rings. The fourth-order valence-electron chi connectivity index (χ4n) is 3.63. The third-order valence-corrected chi connectivity index (χ3v) is 6.09. The number of benzene rings is 2. The molecule has 1 aliphatic heterocycles. The highest BCUT2D eigenvalue weighted by Crippen LogP contribution is 2.31. The number of hydrogen-bond acceptors (Lipinski definition) is 6. The summed E-state index contributed by atoms with van der Waals surface area (Å²) in [5.74, 6) is -0.307. The van der Waals surface area contributed by atoms with Gasteiger partial charge < -0.3 is 14.2 Å². The van der Waals surface area contributed by atoms with E-state index in [9.17, 15) is 9.18 Å². The van der Waals surface area contributed by atoms with E-state index >= 15 is 0 Å². The van der Waals surface area contributed by atoms with Gasteiger partial charge in [-0.3, -0.25) is 4.79 Å². The lowest BCUT2D eigenvalue weighted by Gasteiger charge is -2.31. The Bertz CT molecular complexity index is 1180. The van der Waals surface area contributed by atoms with Crippen molar-refractivity contribution in [2.24, 2.45) is 0 Å². The van der Waals surface area contributed by atoms with Crippen LogP contribution in [-0.2, 0) is 11.2 Å². The van der Waals surface area contributed by atoms with Crippen molar-refractivity contribution in [2.45, 2.75) is 25.4 Å². The molecule has 0 radical (unpaired) electrons. The van der Waals surface area contributed by atoms with Gasteiger partial charge in [0.1, 0.15) is 23.1 Å². The summed E-state index contributed by atoms with van der Waals surface area (Å²) in [5, 5.41) is 5.40. The maximum Gasteiger partial charge on any atom is 0.274 e. The Morgan fingerprint density at radius 1 is 1.21 bits per heavy atom.